The molecule has 26 heavy (non-hydrogen) atoms. The van der Waals surface area contributed by atoms with Crippen molar-refractivity contribution in [3.63, 3.8) is 0 Å². The molecule has 0 saturated carbocycles. The van der Waals surface area contributed by atoms with Gasteiger partial charge in [0.25, 0.3) is 0 Å². The van der Waals surface area contributed by atoms with Gasteiger partial charge < -0.3 is 14.2 Å². The van der Waals surface area contributed by atoms with Crippen molar-refractivity contribution in [2.24, 2.45) is 0 Å². The van der Waals surface area contributed by atoms with Crippen LogP contribution in [0.25, 0.3) is 0 Å². The van der Waals surface area contributed by atoms with Gasteiger partial charge in [-0.15, -0.1) is 0 Å². The zero-order valence-corrected chi connectivity index (χ0v) is 14.9. The molecule has 0 amide bonds. The highest BCUT2D eigenvalue weighted by molar-refractivity contribution is 6.03. The van der Waals surface area contributed by atoms with Gasteiger partial charge in [-0.2, -0.15) is 0 Å². The van der Waals surface area contributed by atoms with E-state index in [-0.39, 0.29) is 17.7 Å². The number of hydrogen-bond donors (Lipinski definition) is 0. The second-order valence-electron chi connectivity index (χ2n) is 5.60. The minimum Gasteiger partial charge on any atom is -0.465 e. The summed E-state index contributed by atoms with van der Waals surface area (Å²) in [5, 5.41) is 0. The summed E-state index contributed by atoms with van der Waals surface area (Å²) in [7, 11) is 2.44. The normalized spacial score (nSPS) is 11.3. The molecule has 1 unspecified atom stereocenters. The van der Waals surface area contributed by atoms with Gasteiger partial charge in [-0.1, -0.05) is 36.4 Å². The summed E-state index contributed by atoms with van der Waals surface area (Å²) in [5.74, 6) is -2.39. The van der Waals surface area contributed by atoms with Crippen molar-refractivity contribution < 1.29 is 28.6 Å². The topological polar surface area (TPSA) is 78.9 Å². The molecule has 2 rings (SSSR count). The molecule has 0 aliphatic carbocycles. The maximum atomic E-state index is 12.3. The number of carbonyl (C=O) groups excluding carboxylic acids is 3. The van der Waals surface area contributed by atoms with Crippen molar-refractivity contribution in [1.29, 1.82) is 0 Å². The molecule has 0 aliphatic rings. The molecule has 0 bridgehead atoms. The molecule has 136 valence electrons. The van der Waals surface area contributed by atoms with Crippen LogP contribution in [-0.2, 0) is 25.6 Å². The lowest BCUT2D eigenvalue weighted by atomic mass is 9.96. The van der Waals surface area contributed by atoms with Gasteiger partial charge in [0.15, 0.2) is 0 Å². The molecule has 6 nitrogen and oxygen atoms in total. The number of esters is 3. The third-order valence-electron chi connectivity index (χ3n) is 3.93. The molecule has 6 heteroatoms. The smallest absolute Gasteiger partial charge is 0.338 e. The molecule has 2 aromatic rings. The van der Waals surface area contributed by atoms with Gasteiger partial charge in [0.05, 0.1) is 31.3 Å². The van der Waals surface area contributed by atoms with Crippen LogP contribution in [0.3, 0.4) is 0 Å². The summed E-state index contributed by atoms with van der Waals surface area (Å²) in [4.78, 5) is 36.1. The van der Waals surface area contributed by atoms with Gasteiger partial charge in [-0.3, -0.25) is 4.79 Å². The van der Waals surface area contributed by atoms with Crippen molar-refractivity contribution in [3.8, 4) is 0 Å². The lowest BCUT2D eigenvalue weighted by Crippen LogP contribution is -2.16. The van der Waals surface area contributed by atoms with Crippen LogP contribution in [0, 0.1) is 0 Å². The van der Waals surface area contributed by atoms with Crippen LogP contribution in [0.1, 0.15) is 44.7 Å². The highest BCUT2D eigenvalue weighted by Crippen LogP contribution is 2.22. The number of carbonyl (C=O) groups is 3. The number of rotatable bonds is 6. The molecule has 2 aromatic carbocycles. The summed E-state index contributed by atoms with van der Waals surface area (Å²) in [5.41, 5.74) is 1.54. The van der Waals surface area contributed by atoms with E-state index in [1.54, 1.807) is 13.0 Å². The highest BCUT2D eigenvalue weighted by Gasteiger charge is 2.23. The van der Waals surface area contributed by atoms with Gasteiger partial charge in [-0.25, -0.2) is 9.59 Å². The average Bonchev–Trinajstić information content (AvgIpc) is 2.70. The van der Waals surface area contributed by atoms with Crippen molar-refractivity contribution in [3.05, 3.63) is 70.8 Å². The molecule has 0 heterocycles. The highest BCUT2D eigenvalue weighted by atomic mass is 16.5. The minimum atomic E-state index is -0.683. The fraction of sp³-hybridized carbons (Fsp3) is 0.250. The molecular formula is C20H20O6. The van der Waals surface area contributed by atoms with E-state index >= 15 is 0 Å². The van der Waals surface area contributed by atoms with Crippen LogP contribution in [0.4, 0.5) is 0 Å². The Morgan fingerprint density at radius 3 is 2.12 bits per heavy atom. The molecule has 0 radical (unpaired) electrons. The van der Waals surface area contributed by atoms with E-state index in [1.807, 2.05) is 30.3 Å². The van der Waals surface area contributed by atoms with Crippen LogP contribution in [-0.4, -0.2) is 32.1 Å². The lowest BCUT2D eigenvalue weighted by Gasteiger charge is -2.14. The van der Waals surface area contributed by atoms with E-state index in [4.69, 9.17) is 9.47 Å². The minimum absolute atomic E-state index is 0.0413. The standard InChI is InChI=1S/C20H20O6/c1-13(18(21)26-12-14-7-5-4-6-8-14)15-9-10-16(19(22)24-2)17(11-15)20(23)25-3/h4-11,13H,12H2,1-3H3. The van der Waals surface area contributed by atoms with E-state index in [0.717, 1.165) is 5.56 Å². The van der Waals surface area contributed by atoms with Gasteiger partial charge in [0, 0.05) is 0 Å². The maximum Gasteiger partial charge on any atom is 0.338 e. The summed E-state index contributed by atoms with van der Waals surface area (Å²) < 4.78 is 14.7. The van der Waals surface area contributed by atoms with Gasteiger partial charge >= 0.3 is 17.9 Å². The molecule has 0 N–H and O–H groups in total. The Balaban J connectivity index is 2.19. The zero-order valence-electron chi connectivity index (χ0n) is 14.9. The van der Waals surface area contributed by atoms with Gasteiger partial charge in [0.2, 0.25) is 0 Å². The Kier molecular flexibility index (Phi) is 6.49. The second-order valence-corrected chi connectivity index (χ2v) is 5.60. The fourth-order valence-electron chi connectivity index (χ4n) is 2.39. The molecular weight excluding hydrogens is 336 g/mol. The van der Waals surface area contributed by atoms with E-state index in [2.05, 4.69) is 4.74 Å². The predicted molar refractivity (Wildman–Crippen MR) is 93.8 cm³/mol. The molecule has 0 fully saturated rings. The molecule has 0 saturated heterocycles. The third-order valence-corrected chi connectivity index (χ3v) is 3.93. The van der Waals surface area contributed by atoms with Crippen molar-refractivity contribution in [1.82, 2.24) is 0 Å². The first-order valence-electron chi connectivity index (χ1n) is 7.99. The second kappa shape index (κ2) is 8.80. The third kappa shape index (κ3) is 4.47. The number of methoxy groups -OCH3 is 2. The Labute approximate surface area is 151 Å². The monoisotopic (exact) mass is 356 g/mol. The Hall–Kier alpha value is -3.15. The van der Waals surface area contributed by atoms with Crippen LogP contribution in [0.15, 0.2) is 48.5 Å². The van der Waals surface area contributed by atoms with E-state index in [0.29, 0.717) is 5.56 Å². The van der Waals surface area contributed by atoms with E-state index in [1.165, 1.54) is 26.4 Å². The molecule has 0 aliphatic heterocycles. The van der Waals surface area contributed by atoms with E-state index in [9.17, 15) is 14.4 Å². The van der Waals surface area contributed by atoms with E-state index < -0.39 is 23.8 Å². The Bertz CT molecular complexity index is 797. The van der Waals surface area contributed by atoms with Crippen molar-refractivity contribution >= 4 is 17.9 Å². The first-order chi connectivity index (χ1) is 12.5. The largest absolute Gasteiger partial charge is 0.465 e. The number of hydrogen-bond acceptors (Lipinski definition) is 6. The molecule has 0 spiro atoms. The van der Waals surface area contributed by atoms with Crippen LogP contribution < -0.4 is 0 Å². The summed E-state index contributed by atoms with van der Waals surface area (Å²) in [6.07, 6.45) is 0. The van der Waals surface area contributed by atoms with Crippen molar-refractivity contribution in [2.45, 2.75) is 19.4 Å². The zero-order chi connectivity index (χ0) is 19.1. The maximum absolute atomic E-state index is 12.3. The first kappa shape index (κ1) is 19.2. The fourth-order valence-corrected chi connectivity index (χ4v) is 2.39. The predicted octanol–water partition coefficient (Wildman–Crippen LogP) is 3.11. The summed E-state index contributed by atoms with van der Waals surface area (Å²) in [6, 6.07) is 13.8. The molecule has 1 atom stereocenters. The quantitative estimate of drug-likeness (QED) is 0.584. The van der Waals surface area contributed by atoms with Gasteiger partial charge in [0.1, 0.15) is 6.61 Å². The van der Waals surface area contributed by atoms with Gasteiger partial charge in [-0.05, 0) is 30.2 Å². The van der Waals surface area contributed by atoms with Crippen LogP contribution in [0.2, 0.25) is 0 Å². The Morgan fingerprint density at radius 2 is 1.50 bits per heavy atom. The first-order valence-corrected chi connectivity index (χ1v) is 7.99. The summed E-state index contributed by atoms with van der Waals surface area (Å²) in [6.45, 7) is 1.83. The number of benzene rings is 2. The molecule has 0 aromatic heterocycles. The van der Waals surface area contributed by atoms with Crippen LogP contribution in [0.5, 0.6) is 0 Å². The average molecular weight is 356 g/mol. The number of ether oxygens (including phenoxy) is 3. The van der Waals surface area contributed by atoms with Crippen molar-refractivity contribution in [2.75, 3.05) is 14.2 Å². The SMILES string of the molecule is COC(=O)c1ccc(C(C)C(=O)OCc2ccccc2)cc1C(=O)OC. The Morgan fingerprint density at radius 1 is 0.885 bits per heavy atom. The lowest BCUT2D eigenvalue weighted by molar-refractivity contribution is -0.146. The van der Waals surface area contributed by atoms with Crippen LogP contribution >= 0.6 is 0 Å². The summed E-state index contributed by atoms with van der Waals surface area (Å²) >= 11 is 0.